The first-order valence-electron chi connectivity index (χ1n) is 3.07. The molecule has 1 aromatic carbocycles. The fourth-order valence-electron chi connectivity index (χ4n) is 0.818. The third kappa shape index (κ3) is 1.54. The normalized spacial score (nSPS) is 9.83. The zero-order valence-corrected chi connectivity index (χ0v) is 8.32. The highest BCUT2D eigenvalue weighted by Crippen LogP contribution is 2.28. The topological polar surface area (TPSA) is 69.1 Å². The van der Waals surface area contributed by atoms with Crippen molar-refractivity contribution in [3.8, 4) is 0 Å². The minimum absolute atomic E-state index is 0.158. The van der Waals surface area contributed by atoms with Gasteiger partial charge in [-0.1, -0.05) is 11.6 Å². The molecule has 64 valence electrons. The smallest absolute Gasteiger partial charge is 0.252 e. The van der Waals surface area contributed by atoms with E-state index in [4.69, 9.17) is 23.1 Å². The van der Waals surface area contributed by atoms with Crippen molar-refractivity contribution in [2.24, 2.45) is 5.73 Å². The first kappa shape index (κ1) is 9.35. The highest BCUT2D eigenvalue weighted by molar-refractivity contribution is 9.10. The molecule has 5 heteroatoms. The maximum Gasteiger partial charge on any atom is 0.252 e. The fraction of sp³-hybridized carbons (Fsp3) is 0. The Labute approximate surface area is 82.8 Å². The number of anilines is 1. The Hall–Kier alpha value is -0.740. The molecule has 12 heavy (non-hydrogen) atoms. The van der Waals surface area contributed by atoms with Crippen LogP contribution in [0, 0.1) is 0 Å². The van der Waals surface area contributed by atoms with Crippen LogP contribution in [0.3, 0.4) is 0 Å². The first-order valence-corrected chi connectivity index (χ1v) is 4.24. The van der Waals surface area contributed by atoms with Gasteiger partial charge < -0.3 is 11.5 Å². The highest BCUT2D eigenvalue weighted by Gasteiger charge is 2.12. The van der Waals surface area contributed by atoms with E-state index in [1.807, 2.05) is 0 Å². The predicted octanol–water partition coefficient (Wildman–Crippen LogP) is 1.78. The largest absolute Gasteiger partial charge is 0.397 e. The average Bonchev–Trinajstić information content (AvgIpc) is 1.97. The van der Waals surface area contributed by atoms with Crippen LogP contribution in [0.15, 0.2) is 16.6 Å². The van der Waals surface area contributed by atoms with Crippen molar-refractivity contribution in [3.63, 3.8) is 0 Å². The van der Waals surface area contributed by atoms with E-state index < -0.39 is 5.91 Å². The summed E-state index contributed by atoms with van der Waals surface area (Å²) in [6, 6.07) is 3.21. The highest BCUT2D eigenvalue weighted by atomic mass is 79.9. The quantitative estimate of drug-likeness (QED) is 0.745. The molecule has 0 spiro atoms. The van der Waals surface area contributed by atoms with Crippen LogP contribution in [0.25, 0.3) is 0 Å². The standard InChI is InChI=1S/C7H6BrClN2O/c8-3-1-2-4(9)5(6(3)10)7(11)12/h1-2H,10H2,(H2,11,12). The van der Waals surface area contributed by atoms with Gasteiger partial charge in [-0.15, -0.1) is 0 Å². The zero-order chi connectivity index (χ0) is 9.30. The molecule has 1 amide bonds. The Morgan fingerprint density at radius 3 is 2.50 bits per heavy atom. The van der Waals surface area contributed by atoms with Crippen molar-refractivity contribution in [2.45, 2.75) is 0 Å². The summed E-state index contributed by atoms with van der Waals surface area (Å²) in [6.45, 7) is 0. The van der Waals surface area contributed by atoms with Crippen LogP contribution in [-0.4, -0.2) is 5.91 Å². The Morgan fingerprint density at radius 1 is 1.50 bits per heavy atom. The summed E-state index contributed by atoms with van der Waals surface area (Å²) in [5.74, 6) is -0.626. The van der Waals surface area contributed by atoms with Gasteiger partial charge in [0.15, 0.2) is 0 Å². The van der Waals surface area contributed by atoms with E-state index in [9.17, 15) is 4.79 Å². The molecule has 1 rings (SSSR count). The molecular formula is C7H6BrClN2O. The number of carbonyl (C=O) groups excluding carboxylic acids is 1. The molecule has 0 saturated heterocycles. The zero-order valence-electron chi connectivity index (χ0n) is 5.97. The second-order valence-electron chi connectivity index (χ2n) is 2.18. The number of halogens is 2. The van der Waals surface area contributed by atoms with Gasteiger partial charge in [0.05, 0.1) is 16.3 Å². The van der Waals surface area contributed by atoms with Crippen molar-refractivity contribution in [1.29, 1.82) is 0 Å². The van der Waals surface area contributed by atoms with Gasteiger partial charge in [0.25, 0.3) is 5.91 Å². The summed E-state index contributed by atoms with van der Waals surface area (Å²) in [7, 11) is 0. The number of carbonyl (C=O) groups is 1. The molecule has 0 saturated carbocycles. The third-order valence-corrected chi connectivity index (χ3v) is 2.39. The van der Waals surface area contributed by atoms with Crippen LogP contribution >= 0.6 is 27.5 Å². The van der Waals surface area contributed by atoms with Crippen LogP contribution in [0.2, 0.25) is 5.02 Å². The van der Waals surface area contributed by atoms with Gasteiger partial charge in [-0.3, -0.25) is 4.79 Å². The van der Waals surface area contributed by atoms with Crippen molar-refractivity contribution >= 4 is 39.1 Å². The van der Waals surface area contributed by atoms with E-state index in [1.165, 1.54) is 0 Å². The molecule has 0 unspecified atom stereocenters. The SMILES string of the molecule is NC(=O)c1c(Cl)ccc(Br)c1N. The van der Waals surface area contributed by atoms with Crippen molar-refractivity contribution in [3.05, 3.63) is 27.2 Å². The summed E-state index contributed by atoms with van der Waals surface area (Å²) < 4.78 is 0.612. The lowest BCUT2D eigenvalue weighted by Crippen LogP contribution is -2.14. The lowest BCUT2D eigenvalue weighted by atomic mass is 10.2. The van der Waals surface area contributed by atoms with E-state index >= 15 is 0 Å². The van der Waals surface area contributed by atoms with Crippen molar-refractivity contribution < 1.29 is 4.79 Å². The maximum absolute atomic E-state index is 10.8. The summed E-state index contributed by atoms with van der Waals surface area (Å²) in [6.07, 6.45) is 0. The average molecular weight is 249 g/mol. The van der Waals surface area contributed by atoms with E-state index in [0.717, 1.165) is 0 Å². The van der Waals surface area contributed by atoms with Gasteiger partial charge in [0.2, 0.25) is 0 Å². The molecule has 1 aromatic rings. The van der Waals surface area contributed by atoms with Crippen LogP contribution in [0.1, 0.15) is 10.4 Å². The molecule has 0 radical (unpaired) electrons. The summed E-state index contributed by atoms with van der Waals surface area (Å²) >= 11 is 8.85. The first-order chi connectivity index (χ1) is 5.54. The molecule has 0 fully saturated rings. The molecule has 0 atom stereocenters. The van der Waals surface area contributed by atoms with E-state index in [0.29, 0.717) is 4.47 Å². The van der Waals surface area contributed by atoms with Gasteiger partial charge in [-0.2, -0.15) is 0 Å². The Morgan fingerprint density at radius 2 is 2.08 bits per heavy atom. The number of primary amides is 1. The minimum Gasteiger partial charge on any atom is -0.397 e. The van der Waals surface area contributed by atoms with Crippen LogP contribution in [0.5, 0.6) is 0 Å². The van der Waals surface area contributed by atoms with Crippen LogP contribution in [0.4, 0.5) is 5.69 Å². The number of nitrogen functional groups attached to an aromatic ring is 1. The predicted molar refractivity (Wildman–Crippen MR) is 52.1 cm³/mol. The number of nitrogens with two attached hydrogens (primary N) is 2. The monoisotopic (exact) mass is 248 g/mol. The number of hydrogen-bond donors (Lipinski definition) is 2. The van der Waals surface area contributed by atoms with Gasteiger partial charge in [0, 0.05) is 4.47 Å². The van der Waals surface area contributed by atoms with Crippen molar-refractivity contribution in [2.75, 3.05) is 5.73 Å². The molecule has 0 aliphatic rings. The lowest BCUT2D eigenvalue weighted by molar-refractivity contribution is 0.100. The molecule has 0 heterocycles. The molecular weight excluding hydrogens is 243 g/mol. The van der Waals surface area contributed by atoms with Crippen molar-refractivity contribution in [1.82, 2.24) is 0 Å². The van der Waals surface area contributed by atoms with Gasteiger partial charge in [-0.05, 0) is 28.1 Å². The molecule has 0 aliphatic carbocycles. The molecule has 4 N–H and O–H groups in total. The minimum atomic E-state index is -0.626. The second-order valence-corrected chi connectivity index (χ2v) is 3.44. The number of hydrogen-bond acceptors (Lipinski definition) is 2. The maximum atomic E-state index is 10.8. The Balaban J connectivity index is 3.43. The number of amides is 1. The van der Waals surface area contributed by atoms with Gasteiger partial charge in [0.1, 0.15) is 0 Å². The summed E-state index contributed by atoms with van der Waals surface area (Å²) in [5.41, 5.74) is 11.0. The lowest BCUT2D eigenvalue weighted by Gasteiger charge is -2.05. The third-order valence-electron chi connectivity index (χ3n) is 1.39. The van der Waals surface area contributed by atoms with E-state index in [1.54, 1.807) is 12.1 Å². The van der Waals surface area contributed by atoms with E-state index in [2.05, 4.69) is 15.9 Å². The summed E-state index contributed by atoms with van der Waals surface area (Å²) in [4.78, 5) is 10.8. The van der Waals surface area contributed by atoms with E-state index in [-0.39, 0.29) is 16.3 Å². The molecule has 3 nitrogen and oxygen atoms in total. The molecule has 0 aromatic heterocycles. The van der Waals surface area contributed by atoms with Crippen LogP contribution in [-0.2, 0) is 0 Å². The Kier molecular flexibility index (Phi) is 2.59. The number of rotatable bonds is 1. The summed E-state index contributed by atoms with van der Waals surface area (Å²) in [5, 5.41) is 0.267. The molecule has 0 aliphatic heterocycles. The van der Waals surface area contributed by atoms with Gasteiger partial charge >= 0.3 is 0 Å². The number of benzene rings is 1. The Bertz CT molecular complexity index is 340. The fourth-order valence-corrected chi connectivity index (χ4v) is 1.41. The van der Waals surface area contributed by atoms with Crippen LogP contribution < -0.4 is 11.5 Å². The molecule has 0 bridgehead atoms. The van der Waals surface area contributed by atoms with Gasteiger partial charge in [-0.25, -0.2) is 0 Å². The second kappa shape index (κ2) is 3.33.